The van der Waals surface area contributed by atoms with Crippen LogP contribution in [0, 0.1) is 25.7 Å². The molecule has 1 saturated heterocycles. The van der Waals surface area contributed by atoms with Gasteiger partial charge in [0.1, 0.15) is 0 Å². The molecule has 0 radical (unpaired) electrons. The molecule has 2 aliphatic rings. The van der Waals surface area contributed by atoms with Gasteiger partial charge < -0.3 is 5.32 Å². The van der Waals surface area contributed by atoms with Crippen molar-refractivity contribution in [3.8, 4) is 0 Å². The van der Waals surface area contributed by atoms with Crippen molar-refractivity contribution in [2.75, 3.05) is 25.0 Å². The smallest absolute Gasteiger partial charge is 0.238 e. The number of fused-ring (bicyclic) bond motifs is 1. The number of anilines is 1. The van der Waals surface area contributed by atoms with Gasteiger partial charge in [-0.1, -0.05) is 25.3 Å². The number of likely N-dealkylation sites (tertiary alicyclic amines) is 1. The third kappa shape index (κ3) is 3.70. The van der Waals surface area contributed by atoms with Crippen LogP contribution in [-0.2, 0) is 4.79 Å². The van der Waals surface area contributed by atoms with Crippen molar-refractivity contribution in [1.29, 1.82) is 0 Å². The maximum absolute atomic E-state index is 12.3. The summed E-state index contributed by atoms with van der Waals surface area (Å²) in [4.78, 5) is 14.6. The molecule has 3 heteroatoms. The molecule has 1 aliphatic carbocycles. The molecule has 1 N–H and O–H groups in total. The third-order valence-corrected chi connectivity index (χ3v) is 5.53. The number of rotatable bonds is 3. The number of piperidine rings is 1. The molecule has 1 aromatic rings. The lowest BCUT2D eigenvalue weighted by molar-refractivity contribution is -0.118. The first-order chi connectivity index (χ1) is 10.6. The molecule has 1 heterocycles. The number of amides is 1. The van der Waals surface area contributed by atoms with E-state index in [-0.39, 0.29) is 5.91 Å². The number of nitrogens with zero attached hydrogens (tertiary/aromatic N) is 1. The molecular weight excluding hydrogens is 272 g/mol. The van der Waals surface area contributed by atoms with Crippen LogP contribution in [0.1, 0.15) is 43.2 Å². The molecule has 3 nitrogen and oxygen atoms in total. The second kappa shape index (κ2) is 6.82. The van der Waals surface area contributed by atoms with Gasteiger partial charge in [0, 0.05) is 12.2 Å². The minimum absolute atomic E-state index is 0.123. The Morgan fingerprint density at radius 3 is 2.68 bits per heavy atom. The van der Waals surface area contributed by atoms with E-state index in [9.17, 15) is 4.79 Å². The summed E-state index contributed by atoms with van der Waals surface area (Å²) in [5, 5.41) is 3.05. The van der Waals surface area contributed by atoms with Crippen molar-refractivity contribution in [2.24, 2.45) is 11.8 Å². The molecule has 1 aliphatic heterocycles. The molecular formula is C19H28N2O. The normalized spacial score (nSPS) is 25.5. The van der Waals surface area contributed by atoms with Crippen molar-refractivity contribution >= 4 is 11.6 Å². The number of nitrogens with one attached hydrogen (secondary N) is 1. The molecule has 0 unspecified atom stereocenters. The zero-order valence-electron chi connectivity index (χ0n) is 13.9. The molecule has 2 atom stereocenters. The molecule has 120 valence electrons. The van der Waals surface area contributed by atoms with Crippen molar-refractivity contribution in [1.82, 2.24) is 4.90 Å². The molecule has 1 saturated carbocycles. The number of hydrogen-bond donors (Lipinski definition) is 1. The Kier molecular flexibility index (Phi) is 4.82. The highest BCUT2D eigenvalue weighted by molar-refractivity contribution is 5.92. The first-order valence-corrected chi connectivity index (χ1v) is 8.71. The van der Waals surface area contributed by atoms with Crippen molar-refractivity contribution in [3.63, 3.8) is 0 Å². The summed E-state index contributed by atoms with van der Waals surface area (Å²) in [5.74, 6) is 1.88. The van der Waals surface area contributed by atoms with Gasteiger partial charge in [-0.25, -0.2) is 0 Å². The Labute approximate surface area is 134 Å². The largest absolute Gasteiger partial charge is 0.325 e. The molecule has 0 bridgehead atoms. The summed E-state index contributed by atoms with van der Waals surface area (Å²) in [6, 6.07) is 6.12. The number of carbonyl (C=O) groups is 1. The predicted molar refractivity (Wildman–Crippen MR) is 91.1 cm³/mol. The molecule has 1 amide bonds. The van der Waals surface area contributed by atoms with Crippen LogP contribution in [0.5, 0.6) is 0 Å². The topological polar surface area (TPSA) is 32.3 Å². The third-order valence-electron chi connectivity index (χ3n) is 5.53. The van der Waals surface area contributed by atoms with Crippen molar-refractivity contribution in [3.05, 3.63) is 29.3 Å². The van der Waals surface area contributed by atoms with Crippen LogP contribution >= 0.6 is 0 Å². The van der Waals surface area contributed by atoms with Crippen LogP contribution in [0.2, 0.25) is 0 Å². The number of hydrogen-bond acceptors (Lipinski definition) is 2. The average Bonchev–Trinajstić information content (AvgIpc) is 2.51. The Bertz CT molecular complexity index is 540. The SMILES string of the molecule is Cc1ccc(NC(=O)CN2CC[C@H]3CCCC[C@@H]3C2)cc1C. The van der Waals surface area contributed by atoms with Crippen molar-refractivity contribution < 1.29 is 4.79 Å². The minimum Gasteiger partial charge on any atom is -0.325 e. The summed E-state index contributed by atoms with van der Waals surface area (Å²) in [5.41, 5.74) is 3.40. The number of aryl methyl sites for hydroxylation is 2. The van der Waals surface area contributed by atoms with E-state index in [0.717, 1.165) is 30.6 Å². The van der Waals surface area contributed by atoms with Gasteiger partial charge in [0.05, 0.1) is 6.54 Å². The Morgan fingerprint density at radius 2 is 1.91 bits per heavy atom. The van der Waals surface area contributed by atoms with Gasteiger partial charge in [0.2, 0.25) is 5.91 Å². The first-order valence-electron chi connectivity index (χ1n) is 8.71. The molecule has 3 rings (SSSR count). The standard InChI is InChI=1S/C19H28N2O/c1-14-7-8-18(11-15(14)2)20-19(22)13-21-10-9-16-5-3-4-6-17(16)12-21/h7-8,11,16-17H,3-6,9-10,12-13H2,1-2H3,(H,20,22)/t16-,17-/m1/s1. The van der Waals surface area contributed by atoms with Crippen molar-refractivity contribution in [2.45, 2.75) is 46.0 Å². The lowest BCUT2D eigenvalue weighted by Crippen LogP contribution is -2.44. The lowest BCUT2D eigenvalue weighted by atomic mass is 9.75. The van der Waals surface area contributed by atoms with Crippen LogP contribution in [0.4, 0.5) is 5.69 Å². The molecule has 0 spiro atoms. The second-order valence-electron chi connectivity index (χ2n) is 7.18. The van der Waals surface area contributed by atoms with Gasteiger partial charge in [0.15, 0.2) is 0 Å². The van der Waals surface area contributed by atoms with E-state index in [1.54, 1.807) is 0 Å². The van der Waals surface area contributed by atoms with E-state index in [1.807, 2.05) is 6.07 Å². The zero-order valence-corrected chi connectivity index (χ0v) is 13.9. The second-order valence-corrected chi connectivity index (χ2v) is 7.18. The van der Waals surface area contributed by atoms with E-state index >= 15 is 0 Å². The molecule has 1 aromatic carbocycles. The van der Waals surface area contributed by atoms with E-state index < -0.39 is 0 Å². The summed E-state index contributed by atoms with van der Waals surface area (Å²) in [6.45, 7) is 6.91. The fourth-order valence-electron chi connectivity index (χ4n) is 4.04. The highest BCUT2D eigenvalue weighted by atomic mass is 16.2. The highest BCUT2D eigenvalue weighted by Crippen LogP contribution is 2.35. The fourth-order valence-corrected chi connectivity index (χ4v) is 4.04. The number of benzene rings is 1. The van der Waals surface area contributed by atoms with Crippen LogP contribution in [0.3, 0.4) is 0 Å². The summed E-state index contributed by atoms with van der Waals surface area (Å²) >= 11 is 0. The van der Waals surface area contributed by atoms with Gasteiger partial charge in [-0.2, -0.15) is 0 Å². The Hall–Kier alpha value is -1.35. The van der Waals surface area contributed by atoms with Gasteiger partial charge in [-0.3, -0.25) is 9.69 Å². The van der Waals surface area contributed by atoms with E-state index in [1.165, 1.54) is 43.2 Å². The first kappa shape index (κ1) is 15.5. The monoisotopic (exact) mass is 300 g/mol. The van der Waals surface area contributed by atoms with Gasteiger partial charge in [0.25, 0.3) is 0 Å². The maximum Gasteiger partial charge on any atom is 0.238 e. The number of carbonyl (C=O) groups excluding carboxylic acids is 1. The zero-order chi connectivity index (χ0) is 15.5. The quantitative estimate of drug-likeness (QED) is 0.922. The lowest BCUT2D eigenvalue weighted by Gasteiger charge is -2.41. The van der Waals surface area contributed by atoms with E-state index in [0.29, 0.717) is 6.54 Å². The Morgan fingerprint density at radius 1 is 1.14 bits per heavy atom. The van der Waals surface area contributed by atoms with Gasteiger partial charge in [-0.05, 0) is 68.3 Å². The Balaban J connectivity index is 1.52. The van der Waals surface area contributed by atoms with Crippen LogP contribution in [-0.4, -0.2) is 30.4 Å². The van der Waals surface area contributed by atoms with E-state index in [2.05, 4.69) is 36.2 Å². The summed E-state index contributed by atoms with van der Waals surface area (Å²) in [7, 11) is 0. The summed E-state index contributed by atoms with van der Waals surface area (Å²) in [6.07, 6.45) is 6.84. The predicted octanol–water partition coefficient (Wildman–Crippen LogP) is 3.75. The minimum atomic E-state index is 0.123. The molecule has 2 fully saturated rings. The molecule has 0 aromatic heterocycles. The van der Waals surface area contributed by atoms with Crippen LogP contribution in [0.15, 0.2) is 18.2 Å². The van der Waals surface area contributed by atoms with Gasteiger partial charge in [-0.15, -0.1) is 0 Å². The molecule has 22 heavy (non-hydrogen) atoms. The summed E-state index contributed by atoms with van der Waals surface area (Å²) < 4.78 is 0. The van der Waals surface area contributed by atoms with Gasteiger partial charge >= 0.3 is 0 Å². The highest BCUT2D eigenvalue weighted by Gasteiger charge is 2.31. The van der Waals surface area contributed by atoms with Crippen LogP contribution in [0.25, 0.3) is 0 Å². The van der Waals surface area contributed by atoms with E-state index in [4.69, 9.17) is 0 Å². The maximum atomic E-state index is 12.3. The fraction of sp³-hybridized carbons (Fsp3) is 0.632. The van der Waals surface area contributed by atoms with Crippen LogP contribution < -0.4 is 5.32 Å². The average molecular weight is 300 g/mol.